The second-order valence-corrected chi connectivity index (χ2v) is 1.13. The number of halogens is 1. The standard InChI is InChI=1S/C4H9NO2.ClH/c1-4(6)7-3-5-2;/h5H,3H2,1-2H3;1H. The molecule has 0 aromatic heterocycles. The van der Waals surface area contributed by atoms with E-state index in [0.717, 1.165) is 0 Å². The van der Waals surface area contributed by atoms with Crippen LogP contribution in [0.4, 0.5) is 0 Å². The predicted molar refractivity (Wildman–Crippen MR) is 32.9 cm³/mol. The number of carbonyl (C=O) groups excluding carboxylic acids is 1. The highest BCUT2D eigenvalue weighted by Crippen LogP contribution is 1.67. The number of hydrogen-bond donors (Lipinski definition) is 1. The molecule has 0 aliphatic rings. The van der Waals surface area contributed by atoms with E-state index in [2.05, 4.69) is 10.1 Å². The molecule has 0 aromatic rings. The average molecular weight is 140 g/mol. The summed E-state index contributed by atoms with van der Waals surface area (Å²) in [5, 5.41) is 2.66. The highest BCUT2D eigenvalue weighted by atomic mass is 35.5. The number of nitrogens with one attached hydrogen (secondary N) is 1. The molecule has 0 bridgehead atoms. The van der Waals surface area contributed by atoms with E-state index >= 15 is 0 Å². The van der Waals surface area contributed by atoms with Crippen molar-refractivity contribution in [3.63, 3.8) is 0 Å². The third-order valence-corrected chi connectivity index (χ3v) is 0.420. The lowest BCUT2D eigenvalue weighted by molar-refractivity contribution is -0.141. The molecule has 0 atom stereocenters. The summed E-state index contributed by atoms with van der Waals surface area (Å²) in [5.41, 5.74) is 0. The van der Waals surface area contributed by atoms with Gasteiger partial charge >= 0.3 is 5.97 Å². The van der Waals surface area contributed by atoms with Gasteiger partial charge in [-0.15, -0.1) is 12.4 Å². The van der Waals surface area contributed by atoms with Crippen LogP contribution >= 0.6 is 12.4 Å². The van der Waals surface area contributed by atoms with Crippen LogP contribution in [-0.4, -0.2) is 19.7 Å². The molecule has 0 aromatic carbocycles. The Balaban J connectivity index is 0. The Labute approximate surface area is 54.8 Å². The summed E-state index contributed by atoms with van der Waals surface area (Å²) in [7, 11) is 1.71. The molecule has 0 amide bonds. The van der Waals surface area contributed by atoms with E-state index in [4.69, 9.17) is 0 Å². The van der Waals surface area contributed by atoms with Gasteiger partial charge in [0, 0.05) is 6.92 Å². The Kier molecular flexibility index (Phi) is 8.95. The van der Waals surface area contributed by atoms with Crippen molar-refractivity contribution >= 4 is 18.4 Å². The maximum Gasteiger partial charge on any atom is 0.303 e. The number of esters is 1. The maximum atomic E-state index is 9.94. The Morgan fingerprint density at radius 2 is 2.25 bits per heavy atom. The van der Waals surface area contributed by atoms with Crippen molar-refractivity contribution < 1.29 is 9.53 Å². The minimum atomic E-state index is -0.255. The zero-order valence-electron chi connectivity index (χ0n) is 4.93. The van der Waals surface area contributed by atoms with Crippen LogP contribution in [0.25, 0.3) is 0 Å². The minimum absolute atomic E-state index is 0. The highest BCUT2D eigenvalue weighted by molar-refractivity contribution is 5.85. The number of rotatable bonds is 2. The molecule has 0 spiro atoms. The Hall–Kier alpha value is -0.280. The molecule has 1 N–H and O–H groups in total. The second kappa shape index (κ2) is 6.72. The molecule has 8 heavy (non-hydrogen) atoms. The molecule has 0 saturated carbocycles. The first kappa shape index (κ1) is 10.7. The van der Waals surface area contributed by atoms with E-state index < -0.39 is 0 Å². The summed E-state index contributed by atoms with van der Waals surface area (Å²) in [6, 6.07) is 0. The van der Waals surface area contributed by atoms with Crippen molar-refractivity contribution in [3.8, 4) is 0 Å². The molecular weight excluding hydrogens is 130 g/mol. The molecule has 0 saturated heterocycles. The van der Waals surface area contributed by atoms with Gasteiger partial charge in [-0.2, -0.15) is 0 Å². The molecule has 0 rings (SSSR count). The summed E-state index contributed by atoms with van der Waals surface area (Å²) in [4.78, 5) is 9.94. The van der Waals surface area contributed by atoms with Crippen LogP contribution in [0, 0.1) is 0 Å². The fourth-order valence-corrected chi connectivity index (χ4v) is 0.174. The fraction of sp³-hybridized carbons (Fsp3) is 0.750. The molecule has 3 nitrogen and oxygen atoms in total. The SMILES string of the molecule is CNCOC(C)=O.Cl. The maximum absolute atomic E-state index is 9.94. The van der Waals surface area contributed by atoms with Gasteiger partial charge in [-0.25, -0.2) is 0 Å². The van der Waals surface area contributed by atoms with Crippen LogP contribution in [0.15, 0.2) is 0 Å². The molecular formula is C4H10ClNO2. The van der Waals surface area contributed by atoms with E-state index in [1.54, 1.807) is 7.05 Å². The molecule has 0 aliphatic heterocycles. The van der Waals surface area contributed by atoms with E-state index in [1.165, 1.54) is 6.92 Å². The van der Waals surface area contributed by atoms with E-state index in [9.17, 15) is 4.79 Å². The zero-order valence-corrected chi connectivity index (χ0v) is 5.75. The van der Waals surface area contributed by atoms with Crippen molar-refractivity contribution in [3.05, 3.63) is 0 Å². The Morgan fingerprint density at radius 3 is 2.38 bits per heavy atom. The highest BCUT2D eigenvalue weighted by Gasteiger charge is 1.84. The Morgan fingerprint density at radius 1 is 1.75 bits per heavy atom. The van der Waals surface area contributed by atoms with Crippen molar-refractivity contribution in [2.75, 3.05) is 13.8 Å². The van der Waals surface area contributed by atoms with Gasteiger partial charge in [0.05, 0.1) is 0 Å². The summed E-state index contributed by atoms with van der Waals surface area (Å²) in [6.45, 7) is 1.67. The summed E-state index contributed by atoms with van der Waals surface area (Å²) < 4.78 is 4.44. The fourth-order valence-electron chi connectivity index (χ4n) is 0.174. The van der Waals surface area contributed by atoms with Gasteiger partial charge < -0.3 is 4.74 Å². The molecule has 0 heterocycles. The topological polar surface area (TPSA) is 38.3 Å². The number of ether oxygens (including phenoxy) is 1. The number of carbonyl (C=O) groups is 1. The van der Waals surface area contributed by atoms with Crippen LogP contribution in [0.1, 0.15) is 6.92 Å². The molecule has 0 aliphatic carbocycles. The van der Waals surface area contributed by atoms with Crippen LogP contribution in [0.2, 0.25) is 0 Å². The predicted octanol–water partition coefficient (Wildman–Crippen LogP) is 0.148. The van der Waals surface area contributed by atoms with Gasteiger partial charge in [-0.3, -0.25) is 10.1 Å². The van der Waals surface area contributed by atoms with Crippen LogP contribution in [0.3, 0.4) is 0 Å². The van der Waals surface area contributed by atoms with E-state index in [-0.39, 0.29) is 18.4 Å². The van der Waals surface area contributed by atoms with Gasteiger partial charge in [0.25, 0.3) is 0 Å². The molecule has 0 fully saturated rings. The Bertz CT molecular complexity index is 67.1. The van der Waals surface area contributed by atoms with Crippen molar-refractivity contribution in [2.45, 2.75) is 6.92 Å². The van der Waals surface area contributed by atoms with Gasteiger partial charge in [-0.05, 0) is 7.05 Å². The van der Waals surface area contributed by atoms with Gasteiger partial charge in [0.15, 0.2) is 0 Å². The quantitative estimate of drug-likeness (QED) is 0.437. The molecule has 0 unspecified atom stereocenters. The first-order chi connectivity index (χ1) is 3.27. The van der Waals surface area contributed by atoms with Crippen molar-refractivity contribution in [1.82, 2.24) is 5.32 Å². The molecule has 0 radical (unpaired) electrons. The van der Waals surface area contributed by atoms with E-state index in [1.807, 2.05) is 0 Å². The third-order valence-electron chi connectivity index (χ3n) is 0.420. The minimum Gasteiger partial charge on any atom is -0.450 e. The summed E-state index contributed by atoms with van der Waals surface area (Å²) in [5.74, 6) is -0.255. The van der Waals surface area contributed by atoms with Crippen molar-refractivity contribution in [2.24, 2.45) is 0 Å². The summed E-state index contributed by atoms with van der Waals surface area (Å²) >= 11 is 0. The third kappa shape index (κ3) is 9.21. The summed E-state index contributed by atoms with van der Waals surface area (Å²) in [6.07, 6.45) is 0. The second-order valence-electron chi connectivity index (χ2n) is 1.13. The van der Waals surface area contributed by atoms with Crippen molar-refractivity contribution in [1.29, 1.82) is 0 Å². The molecule has 50 valence electrons. The van der Waals surface area contributed by atoms with Gasteiger partial charge in [-0.1, -0.05) is 0 Å². The monoisotopic (exact) mass is 139 g/mol. The average Bonchev–Trinajstić information content (AvgIpc) is 1.61. The smallest absolute Gasteiger partial charge is 0.303 e. The lowest BCUT2D eigenvalue weighted by Gasteiger charge is -1.95. The van der Waals surface area contributed by atoms with Crippen LogP contribution < -0.4 is 5.32 Å². The lowest BCUT2D eigenvalue weighted by Crippen LogP contribution is -2.13. The van der Waals surface area contributed by atoms with Crippen LogP contribution in [-0.2, 0) is 9.53 Å². The number of hydrogen-bond acceptors (Lipinski definition) is 3. The first-order valence-corrected chi connectivity index (χ1v) is 2.05. The van der Waals surface area contributed by atoms with Gasteiger partial charge in [0.2, 0.25) is 0 Å². The van der Waals surface area contributed by atoms with E-state index in [0.29, 0.717) is 6.73 Å². The first-order valence-electron chi connectivity index (χ1n) is 2.05. The van der Waals surface area contributed by atoms with Crippen LogP contribution in [0.5, 0.6) is 0 Å². The normalized spacial score (nSPS) is 7.25. The van der Waals surface area contributed by atoms with Gasteiger partial charge in [0.1, 0.15) is 6.73 Å². The largest absolute Gasteiger partial charge is 0.450 e. The molecule has 4 heteroatoms. The zero-order chi connectivity index (χ0) is 5.70. The lowest BCUT2D eigenvalue weighted by atomic mass is 10.8.